The molecule has 3 unspecified atom stereocenters. The van der Waals surface area contributed by atoms with Crippen molar-refractivity contribution in [2.75, 3.05) is 14.2 Å². The Hall–Kier alpha value is -1.10. The SMILES string of the molecule is COc1cccc(COC2CC(O)C2OC)c1. The number of hydrogen-bond acceptors (Lipinski definition) is 4. The van der Waals surface area contributed by atoms with Gasteiger partial charge in [-0.05, 0) is 17.7 Å². The molecule has 1 N–H and O–H groups in total. The van der Waals surface area contributed by atoms with E-state index in [0.717, 1.165) is 11.3 Å². The highest BCUT2D eigenvalue weighted by molar-refractivity contribution is 5.27. The highest BCUT2D eigenvalue weighted by Gasteiger charge is 2.41. The summed E-state index contributed by atoms with van der Waals surface area (Å²) in [5.41, 5.74) is 1.06. The van der Waals surface area contributed by atoms with Crippen molar-refractivity contribution in [1.29, 1.82) is 0 Å². The average Bonchev–Trinajstić information content (AvgIpc) is 2.35. The Labute approximate surface area is 101 Å². The highest BCUT2D eigenvalue weighted by atomic mass is 16.5. The minimum Gasteiger partial charge on any atom is -0.497 e. The molecule has 0 aromatic heterocycles. The molecule has 0 spiro atoms. The third-order valence-corrected chi connectivity index (χ3v) is 3.09. The van der Waals surface area contributed by atoms with Crippen LogP contribution >= 0.6 is 0 Å². The summed E-state index contributed by atoms with van der Waals surface area (Å²) in [5.74, 6) is 0.822. The molecule has 0 radical (unpaired) electrons. The number of ether oxygens (including phenoxy) is 3. The van der Waals surface area contributed by atoms with Crippen molar-refractivity contribution in [2.24, 2.45) is 0 Å². The van der Waals surface area contributed by atoms with Crippen LogP contribution in [0.5, 0.6) is 5.75 Å². The minimum atomic E-state index is -0.393. The van der Waals surface area contributed by atoms with E-state index >= 15 is 0 Å². The van der Waals surface area contributed by atoms with E-state index < -0.39 is 6.10 Å². The third-order valence-electron chi connectivity index (χ3n) is 3.09. The van der Waals surface area contributed by atoms with Crippen molar-refractivity contribution < 1.29 is 19.3 Å². The van der Waals surface area contributed by atoms with Crippen molar-refractivity contribution in [3.63, 3.8) is 0 Å². The maximum atomic E-state index is 9.43. The summed E-state index contributed by atoms with van der Waals surface area (Å²) in [5, 5.41) is 9.43. The zero-order chi connectivity index (χ0) is 12.3. The summed E-state index contributed by atoms with van der Waals surface area (Å²) in [4.78, 5) is 0. The van der Waals surface area contributed by atoms with Crippen LogP contribution in [-0.4, -0.2) is 37.6 Å². The molecule has 1 saturated carbocycles. The summed E-state index contributed by atoms with van der Waals surface area (Å²) in [7, 11) is 3.23. The molecular formula is C13H18O4. The molecule has 0 aliphatic heterocycles. The van der Waals surface area contributed by atoms with Gasteiger partial charge in [-0.2, -0.15) is 0 Å². The van der Waals surface area contributed by atoms with Gasteiger partial charge >= 0.3 is 0 Å². The van der Waals surface area contributed by atoms with E-state index in [-0.39, 0.29) is 12.2 Å². The first-order valence-electron chi connectivity index (χ1n) is 5.70. The van der Waals surface area contributed by atoms with Gasteiger partial charge in [0.15, 0.2) is 0 Å². The number of hydrogen-bond donors (Lipinski definition) is 1. The summed E-state index contributed by atoms with van der Waals surface area (Å²) < 4.78 is 16.0. The van der Waals surface area contributed by atoms with Crippen molar-refractivity contribution in [3.8, 4) is 5.75 Å². The van der Waals surface area contributed by atoms with Crippen LogP contribution in [0, 0.1) is 0 Å². The smallest absolute Gasteiger partial charge is 0.119 e. The van der Waals surface area contributed by atoms with Crippen LogP contribution in [0.15, 0.2) is 24.3 Å². The minimum absolute atomic E-state index is 0.0128. The van der Waals surface area contributed by atoms with Gasteiger partial charge in [-0.1, -0.05) is 12.1 Å². The fourth-order valence-corrected chi connectivity index (χ4v) is 2.00. The molecule has 1 aliphatic carbocycles. The third kappa shape index (κ3) is 2.77. The van der Waals surface area contributed by atoms with Crippen LogP contribution in [0.1, 0.15) is 12.0 Å². The van der Waals surface area contributed by atoms with Crippen LogP contribution in [-0.2, 0) is 16.1 Å². The Morgan fingerprint density at radius 2 is 2.18 bits per heavy atom. The van der Waals surface area contributed by atoms with Gasteiger partial charge in [0.1, 0.15) is 11.9 Å². The Morgan fingerprint density at radius 1 is 1.35 bits per heavy atom. The second-order valence-electron chi connectivity index (χ2n) is 4.20. The lowest BCUT2D eigenvalue weighted by molar-refractivity contribution is -0.185. The van der Waals surface area contributed by atoms with Crippen molar-refractivity contribution in [3.05, 3.63) is 29.8 Å². The molecule has 4 nitrogen and oxygen atoms in total. The monoisotopic (exact) mass is 238 g/mol. The topological polar surface area (TPSA) is 47.9 Å². The summed E-state index contributed by atoms with van der Waals surface area (Å²) in [6, 6.07) is 7.76. The lowest BCUT2D eigenvalue weighted by atomic mass is 9.88. The molecule has 0 amide bonds. The number of benzene rings is 1. The predicted molar refractivity (Wildman–Crippen MR) is 63.0 cm³/mol. The molecule has 3 atom stereocenters. The maximum Gasteiger partial charge on any atom is 0.119 e. The molecule has 1 aliphatic rings. The average molecular weight is 238 g/mol. The molecule has 1 aromatic rings. The van der Waals surface area contributed by atoms with Gasteiger partial charge in [0.2, 0.25) is 0 Å². The second kappa shape index (κ2) is 5.49. The lowest BCUT2D eigenvalue weighted by Crippen LogP contribution is -2.53. The predicted octanol–water partition coefficient (Wildman–Crippen LogP) is 1.36. The molecule has 4 heteroatoms. The zero-order valence-electron chi connectivity index (χ0n) is 10.1. The van der Waals surface area contributed by atoms with Crippen molar-refractivity contribution in [1.82, 2.24) is 0 Å². The quantitative estimate of drug-likeness (QED) is 0.841. The van der Waals surface area contributed by atoms with Gasteiger partial charge in [0.05, 0.1) is 25.9 Å². The van der Waals surface area contributed by atoms with E-state index in [1.807, 2.05) is 24.3 Å². The number of aliphatic hydroxyl groups excluding tert-OH is 1. The Bertz CT molecular complexity index is 366. The van der Waals surface area contributed by atoms with Gasteiger partial charge in [-0.15, -0.1) is 0 Å². The highest BCUT2D eigenvalue weighted by Crippen LogP contribution is 2.27. The number of methoxy groups -OCH3 is 2. The molecule has 94 valence electrons. The van der Waals surface area contributed by atoms with Gasteiger partial charge < -0.3 is 19.3 Å². The van der Waals surface area contributed by atoms with Crippen LogP contribution < -0.4 is 4.74 Å². The summed E-state index contributed by atoms with van der Waals surface area (Å²) in [6.07, 6.45) is 0.0415. The Balaban J connectivity index is 1.85. The van der Waals surface area contributed by atoms with E-state index in [0.29, 0.717) is 13.0 Å². The van der Waals surface area contributed by atoms with E-state index in [2.05, 4.69) is 0 Å². The number of aliphatic hydroxyl groups is 1. The van der Waals surface area contributed by atoms with E-state index in [4.69, 9.17) is 14.2 Å². The van der Waals surface area contributed by atoms with Crippen LogP contribution in [0.25, 0.3) is 0 Å². The van der Waals surface area contributed by atoms with E-state index in [1.165, 1.54) is 0 Å². The Kier molecular flexibility index (Phi) is 3.99. The summed E-state index contributed by atoms with van der Waals surface area (Å²) >= 11 is 0. The van der Waals surface area contributed by atoms with Crippen molar-refractivity contribution in [2.45, 2.75) is 31.3 Å². The molecule has 17 heavy (non-hydrogen) atoms. The normalized spacial score (nSPS) is 27.6. The number of rotatable bonds is 5. The van der Waals surface area contributed by atoms with Crippen molar-refractivity contribution >= 4 is 0 Å². The lowest BCUT2D eigenvalue weighted by Gasteiger charge is -2.39. The Morgan fingerprint density at radius 3 is 2.82 bits per heavy atom. The van der Waals surface area contributed by atoms with Crippen LogP contribution in [0.3, 0.4) is 0 Å². The first-order chi connectivity index (χ1) is 8.24. The molecule has 2 rings (SSSR count). The molecular weight excluding hydrogens is 220 g/mol. The van der Waals surface area contributed by atoms with Gasteiger partial charge in [-0.3, -0.25) is 0 Å². The van der Waals surface area contributed by atoms with E-state index in [9.17, 15) is 5.11 Å². The largest absolute Gasteiger partial charge is 0.497 e. The first kappa shape index (κ1) is 12.4. The van der Waals surface area contributed by atoms with E-state index in [1.54, 1.807) is 14.2 Å². The fourth-order valence-electron chi connectivity index (χ4n) is 2.00. The zero-order valence-corrected chi connectivity index (χ0v) is 10.1. The molecule has 1 aromatic carbocycles. The molecule has 0 saturated heterocycles. The first-order valence-corrected chi connectivity index (χ1v) is 5.70. The summed E-state index contributed by atoms with van der Waals surface area (Å²) in [6.45, 7) is 0.508. The van der Waals surface area contributed by atoms with Gasteiger partial charge in [0.25, 0.3) is 0 Å². The molecule has 0 heterocycles. The molecule has 1 fully saturated rings. The van der Waals surface area contributed by atoms with Gasteiger partial charge in [0, 0.05) is 13.5 Å². The second-order valence-corrected chi connectivity index (χ2v) is 4.20. The fraction of sp³-hybridized carbons (Fsp3) is 0.538. The van der Waals surface area contributed by atoms with Crippen LogP contribution in [0.2, 0.25) is 0 Å². The molecule has 0 bridgehead atoms. The maximum absolute atomic E-state index is 9.43. The standard InChI is InChI=1S/C13H18O4/c1-15-10-5-3-4-9(6-10)8-17-12-7-11(14)13(12)16-2/h3-6,11-14H,7-8H2,1-2H3. The van der Waals surface area contributed by atoms with Gasteiger partial charge in [-0.25, -0.2) is 0 Å². The van der Waals surface area contributed by atoms with Crippen LogP contribution in [0.4, 0.5) is 0 Å².